The first-order valence-corrected chi connectivity index (χ1v) is 18.6. The number of halogens is 1. The number of likely N-dealkylation sites (tertiary alicyclic amines) is 1. The number of esters is 1. The quantitative estimate of drug-likeness (QED) is 0.143. The minimum Gasteiger partial charge on any atom is -0.455 e. The lowest BCUT2D eigenvalue weighted by Gasteiger charge is -2.43. The van der Waals surface area contributed by atoms with Gasteiger partial charge in [0.1, 0.15) is 17.7 Å². The Kier molecular flexibility index (Phi) is 12.5. The van der Waals surface area contributed by atoms with E-state index in [9.17, 15) is 24.3 Å². The van der Waals surface area contributed by atoms with Gasteiger partial charge in [0.15, 0.2) is 0 Å². The van der Waals surface area contributed by atoms with Gasteiger partial charge in [-0.15, -0.1) is 13.2 Å². The Hall–Kier alpha value is -3.84. The van der Waals surface area contributed by atoms with Crippen LogP contribution in [-0.4, -0.2) is 99.6 Å². The van der Waals surface area contributed by atoms with Gasteiger partial charge in [-0.2, -0.15) is 0 Å². The molecule has 3 heterocycles. The smallest absolute Gasteiger partial charge is 0.313 e. The van der Waals surface area contributed by atoms with Crippen molar-refractivity contribution < 1.29 is 38.5 Å². The topological polar surface area (TPSA) is 135 Å². The van der Waals surface area contributed by atoms with Crippen molar-refractivity contribution >= 4 is 39.6 Å². The van der Waals surface area contributed by atoms with Gasteiger partial charge in [0.25, 0.3) is 0 Å². The van der Waals surface area contributed by atoms with Gasteiger partial charge in [0.2, 0.25) is 17.7 Å². The highest BCUT2D eigenvalue weighted by atomic mass is 79.9. The standard InChI is InChI=1S/C40H50BrN3O8/c1-7-9-20-30(46)42-28(24-50-6)33(26-18-14-11-15-19-26)51-38(49)31-32-36(47)44(29(23-45)25-16-12-10-13-17-25)35(40(32)22-27(41)34(31)52-40)37(48)43(21-8-2)39(3,4)5/h7-8,10-19,27-29,31-35,45H,1-2,9,20-24H2,3-6H3,(H,42,46)/t27?,28-,29-,31+,32-,33-,34+,35+,40-/m1/s1. The molecule has 2 aromatic carbocycles. The largest absolute Gasteiger partial charge is 0.455 e. The van der Waals surface area contributed by atoms with Crippen molar-refractivity contribution in [3.63, 3.8) is 0 Å². The van der Waals surface area contributed by atoms with Crippen LogP contribution in [0, 0.1) is 11.8 Å². The molecule has 9 atom stereocenters. The number of carbonyl (C=O) groups is 4. The average molecular weight is 781 g/mol. The zero-order chi connectivity index (χ0) is 37.8. The fourth-order valence-electron chi connectivity index (χ4n) is 8.08. The number of fused-ring (bicyclic) bond motifs is 1. The number of allylic oxidation sites excluding steroid dienone is 1. The Morgan fingerprint density at radius 1 is 1.10 bits per heavy atom. The lowest BCUT2D eigenvalue weighted by atomic mass is 9.70. The Balaban J connectivity index is 1.58. The summed E-state index contributed by atoms with van der Waals surface area (Å²) in [6.07, 6.45) is 2.46. The van der Waals surface area contributed by atoms with Crippen molar-refractivity contribution in [2.24, 2.45) is 11.8 Å². The molecule has 12 heteroatoms. The number of rotatable bonds is 16. The molecule has 0 radical (unpaired) electrons. The summed E-state index contributed by atoms with van der Waals surface area (Å²) < 4.78 is 18.6. The number of methoxy groups -OCH3 is 1. The number of hydrogen-bond acceptors (Lipinski definition) is 8. The monoisotopic (exact) mass is 779 g/mol. The van der Waals surface area contributed by atoms with Crippen LogP contribution in [0.2, 0.25) is 0 Å². The summed E-state index contributed by atoms with van der Waals surface area (Å²) in [5.74, 6) is -3.98. The zero-order valence-corrected chi connectivity index (χ0v) is 31.9. The van der Waals surface area contributed by atoms with Crippen LogP contribution >= 0.6 is 15.9 Å². The van der Waals surface area contributed by atoms with Gasteiger partial charge in [-0.3, -0.25) is 19.2 Å². The van der Waals surface area contributed by atoms with Crippen LogP contribution in [0.4, 0.5) is 0 Å². The minimum atomic E-state index is -1.41. The fraction of sp³-hybridized carbons (Fsp3) is 0.500. The molecule has 2 aromatic rings. The third-order valence-electron chi connectivity index (χ3n) is 10.3. The van der Waals surface area contributed by atoms with Crippen molar-refractivity contribution in [1.29, 1.82) is 0 Å². The number of hydrogen-bond donors (Lipinski definition) is 2. The van der Waals surface area contributed by atoms with Crippen LogP contribution in [0.25, 0.3) is 0 Å². The van der Waals surface area contributed by atoms with Crippen molar-refractivity contribution in [3.8, 4) is 0 Å². The summed E-state index contributed by atoms with van der Waals surface area (Å²) in [6.45, 7) is 13.1. The van der Waals surface area contributed by atoms with E-state index >= 15 is 0 Å². The third-order valence-corrected chi connectivity index (χ3v) is 11.2. The molecule has 0 aliphatic carbocycles. The maximum atomic E-state index is 15.0. The normalized spacial score (nSPS) is 26.6. The average Bonchev–Trinajstić information content (AvgIpc) is 3.72. The minimum absolute atomic E-state index is 0.0379. The number of amides is 3. The summed E-state index contributed by atoms with van der Waals surface area (Å²) in [7, 11) is 1.50. The van der Waals surface area contributed by atoms with E-state index in [1.807, 2.05) is 32.9 Å². The van der Waals surface area contributed by atoms with Gasteiger partial charge in [-0.25, -0.2) is 0 Å². The van der Waals surface area contributed by atoms with Crippen molar-refractivity contribution in [2.45, 2.75) is 86.3 Å². The zero-order valence-electron chi connectivity index (χ0n) is 30.3. The molecule has 11 nitrogen and oxygen atoms in total. The van der Waals surface area contributed by atoms with E-state index in [-0.39, 0.29) is 42.6 Å². The number of alkyl halides is 1. The first-order chi connectivity index (χ1) is 24.8. The molecule has 3 saturated heterocycles. The highest BCUT2D eigenvalue weighted by molar-refractivity contribution is 9.09. The van der Waals surface area contributed by atoms with E-state index in [0.29, 0.717) is 17.5 Å². The molecule has 3 fully saturated rings. The van der Waals surface area contributed by atoms with E-state index in [4.69, 9.17) is 14.2 Å². The fourth-order valence-corrected chi connectivity index (χ4v) is 9.02. The summed E-state index contributed by atoms with van der Waals surface area (Å²) in [5, 5.41) is 13.8. The maximum absolute atomic E-state index is 15.0. The molecule has 1 unspecified atom stereocenters. The van der Waals surface area contributed by atoms with Gasteiger partial charge < -0.3 is 34.4 Å². The predicted molar refractivity (Wildman–Crippen MR) is 199 cm³/mol. The Morgan fingerprint density at radius 3 is 2.29 bits per heavy atom. The summed E-state index contributed by atoms with van der Waals surface area (Å²) >= 11 is 3.74. The Morgan fingerprint density at radius 2 is 1.73 bits per heavy atom. The van der Waals surface area contributed by atoms with Crippen LogP contribution < -0.4 is 5.32 Å². The highest BCUT2D eigenvalue weighted by Gasteiger charge is 2.78. The van der Waals surface area contributed by atoms with E-state index in [1.165, 1.54) is 12.0 Å². The Labute approximate surface area is 314 Å². The van der Waals surface area contributed by atoms with Crippen molar-refractivity contribution in [1.82, 2.24) is 15.1 Å². The van der Waals surface area contributed by atoms with Gasteiger partial charge in [-0.05, 0) is 44.7 Å². The van der Waals surface area contributed by atoms with Crippen LogP contribution in [0.1, 0.15) is 63.3 Å². The van der Waals surface area contributed by atoms with Crippen LogP contribution in [-0.2, 0) is 33.4 Å². The van der Waals surface area contributed by atoms with E-state index in [2.05, 4.69) is 34.4 Å². The SMILES string of the molecule is C=CCCC(=O)N[C@H](COC)[C@H](OC(=O)[C@@H]1[C@H]2O[C@@]3(CC2Br)[C@H](C(=O)N(CC=C)C(C)(C)C)N([C@H](CO)c2ccccc2)C(=O)[C@@H]13)c1ccccc1. The third kappa shape index (κ3) is 7.48. The van der Waals surface area contributed by atoms with Crippen LogP contribution in [0.5, 0.6) is 0 Å². The van der Waals surface area contributed by atoms with Gasteiger partial charge in [0.05, 0.1) is 43.2 Å². The number of aliphatic hydroxyl groups excluding tert-OH is 1. The van der Waals surface area contributed by atoms with Crippen LogP contribution in [0.15, 0.2) is 86.0 Å². The Bertz CT molecular complexity index is 1620. The number of nitrogens with zero attached hydrogens (tertiary/aromatic N) is 2. The second-order valence-corrected chi connectivity index (χ2v) is 15.8. The number of carbonyl (C=O) groups excluding carboxylic acids is 4. The molecule has 52 heavy (non-hydrogen) atoms. The van der Waals surface area contributed by atoms with Gasteiger partial charge in [-0.1, -0.05) is 88.7 Å². The van der Waals surface area contributed by atoms with E-state index in [1.54, 1.807) is 65.6 Å². The number of benzene rings is 2. The lowest BCUT2D eigenvalue weighted by Crippen LogP contribution is -2.60. The molecule has 0 saturated carbocycles. The predicted octanol–water partition coefficient (Wildman–Crippen LogP) is 4.66. The highest BCUT2D eigenvalue weighted by Crippen LogP contribution is 2.61. The molecular weight excluding hydrogens is 730 g/mol. The second-order valence-electron chi connectivity index (χ2n) is 14.7. The second kappa shape index (κ2) is 16.4. The molecule has 1 spiro atoms. The van der Waals surface area contributed by atoms with Crippen molar-refractivity contribution in [3.05, 3.63) is 97.1 Å². The van der Waals surface area contributed by atoms with E-state index < -0.39 is 71.8 Å². The molecule has 0 aromatic heterocycles. The summed E-state index contributed by atoms with van der Waals surface area (Å²) in [4.78, 5) is 60.2. The molecule has 2 N–H and O–H groups in total. The first kappa shape index (κ1) is 39.4. The molecule has 2 bridgehead atoms. The van der Waals surface area contributed by atoms with Crippen LogP contribution in [0.3, 0.4) is 0 Å². The summed E-state index contributed by atoms with van der Waals surface area (Å²) in [5.41, 5.74) is -0.801. The molecule has 3 aliphatic heterocycles. The molecular formula is C40H50BrN3O8. The number of ether oxygens (including phenoxy) is 3. The lowest BCUT2D eigenvalue weighted by molar-refractivity contribution is -0.163. The summed E-state index contributed by atoms with van der Waals surface area (Å²) in [6, 6.07) is 15.3. The maximum Gasteiger partial charge on any atom is 0.313 e. The van der Waals surface area contributed by atoms with Gasteiger partial charge >= 0.3 is 5.97 Å². The molecule has 3 amide bonds. The molecule has 3 aliphatic rings. The number of nitrogens with one attached hydrogen (secondary N) is 1. The van der Waals surface area contributed by atoms with E-state index in [0.717, 1.165) is 0 Å². The van der Waals surface area contributed by atoms with Gasteiger partial charge in [0, 0.05) is 30.4 Å². The molecule has 280 valence electrons. The number of aliphatic hydroxyl groups is 1. The molecule has 5 rings (SSSR count). The first-order valence-electron chi connectivity index (χ1n) is 17.7. The van der Waals surface area contributed by atoms with Crippen molar-refractivity contribution in [2.75, 3.05) is 26.9 Å².